The maximum atomic E-state index is 13.4. The van der Waals surface area contributed by atoms with Crippen LogP contribution in [0.25, 0.3) is 0 Å². The van der Waals surface area contributed by atoms with Gasteiger partial charge in [0, 0.05) is 28.3 Å². The van der Waals surface area contributed by atoms with Crippen LogP contribution in [-0.4, -0.2) is 36.5 Å². The van der Waals surface area contributed by atoms with Gasteiger partial charge in [-0.1, -0.05) is 48.5 Å². The predicted octanol–water partition coefficient (Wildman–Crippen LogP) is 7.09. The van der Waals surface area contributed by atoms with E-state index < -0.39 is 5.41 Å². The summed E-state index contributed by atoms with van der Waals surface area (Å²) < 4.78 is 5.94. The zero-order chi connectivity index (χ0) is 23.3. The summed E-state index contributed by atoms with van der Waals surface area (Å²) in [5.74, 6) is 0.824. The van der Waals surface area contributed by atoms with Crippen molar-refractivity contribution in [3.05, 3.63) is 58.1 Å². The number of anilines is 1. The minimum atomic E-state index is -0.609. The van der Waals surface area contributed by atoms with Crippen LogP contribution in [0, 0.1) is 0 Å². The number of hydrogen-bond donors (Lipinski definition) is 1. The van der Waals surface area contributed by atoms with Gasteiger partial charge >= 0.3 is 0 Å². The molecule has 1 amide bonds. The number of piperidine rings is 1. The molecule has 178 valence electrons. The van der Waals surface area contributed by atoms with E-state index in [9.17, 15) is 4.79 Å². The normalized spacial score (nSPS) is 20.5. The Bertz CT molecular complexity index is 942. The number of nitrogens with zero attached hydrogens (tertiary/aromatic N) is 1. The topological polar surface area (TPSA) is 41.6 Å². The van der Waals surface area contributed by atoms with Gasteiger partial charge in [0.25, 0.3) is 0 Å². The van der Waals surface area contributed by atoms with Crippen LogP contribution in [0.15, 0.2) is 42.5 Å². The largest absolute Gasteiger partial charge is 0.494 e. The van der Waals surface area contributed by atoms with E-state index >= 15 is 0 Å². The van der Waals surface area contributed by atoms with Crippen LogP contribution < -0.4 is 10.1 Å². The summed E-state index contributed by atoms with van der Waals surface area (Å²) >= 11 is 12.6. The van der Waals surface area contributed by atoms with E-state index in [1.165, 1.54) is 25.8 Å². The molecule has 4 rings (SSSR count). The number of carbonyl (C=O) groups is 1. The third-order valence-electron chi connectivity index (χ3n) is 7.25. The first-order valence-corrected chi connectivity index (χ1v) is 13.0. The van der Waals surface area contributed by atoms with Crippen molar-refractivity contribution in [3.63, 3.8) is 0 Å². The second-order valence-corrected chi connectivity index (χ2v) is 10.3. The van der Waals surface area contributed by atoms with Gasteiger partial charge in [-0.25, -0.2) is 0 Å². The van der Waals surface area contributed by atoms with Gasteiger partial charge in [0.15, 0.2) is 0 Å². The third-order valence-corrected chi connectivity index (χ3v) is 7.80. The first-order chi connectivity index (χ1) is 16.0. The molecule has 6 heteroatoms. The highest BCUT2D eigenvalue weighted by molar-refractivity contribution is 6.35. The van der Waals surface area contributed by atoms with Crippen LogP contribution in [0.1, 0.15) is 63.9 Å². The monoisotopic (exact) mass is 488 g/mol. The van der Waals surface area contributed by atoms with Crippen LogP contribution in [0.4, 0.5) is 5.69 Å². The van der Waals surface area contributed by atoms with Crippen molar-refractivity contribution in [1.29, 1.82) is 0 Å². The second-order valence-electron chi connectivity index (χ2n) is 9.47. The standard InChI is InChI=1S/C27H34Cl2N2O2/c1-20-7-2-5-16-31(20)17-6-18-33-23-11-9-22(10-12-23)30-26(32)27(14-3-4-15-27)24-13-8-21(28)19-25(24)29/h8-13,19-20H,2-7,14-18H2,1H3,(H,30,32)/t20-/m0/s1. The van der Waals surface area contributed by atoms with Crippen LogP contribution in [0.3, 0.4) is 0 Å². The molecule has 1 aliphatic carbocycles. The molecule has 1 saturated carbocycles. The number of rotatable bonds is 8. The molecule has 1 heterocycles. The highest BCUT2D eigenvalue weighted by atomic mass is 35.5. The molecule has 2 fully saturated rings. The van der Waals surface area contributed by atoms with Gasteiger partial charge in [-0.05, 0) is 87.5 Å². The first-order valence-electron chi connectivity index (χ1n) is 12.2. The summed E-state index contributed by atoms with van der Waals surface area (Å²) in [7, 11) is 0. The molecule has 0 radical (unpaired) electrons. The summed E-state index contributed by atoms with van der Waals surface area (Å²) in [4.78, 5) is 16.0. The Morgan fingerprint density at radius 1 is 1.09 bits per heavy atom. The quantitative estimate of drug-likeness (QED) is 0.403. The summed E-state index contributed by atoms with van der Waals surface area (Å²) in [5.41, 5.74) is 1.03. The fraction of sp³-hybridized carbons (Fsp3) is 0.519. The molecule has 1 atom stereocenters. The number of carbonyl (C=O) groups excluding carboxylic acids is 1. The average Bonchev–Trinajstić information content (AvgIpc) is 3.30. The summed E-state index contributed by atoms with van der Waals surface area (Å²) in [6.07, 6.45) is 8.58. The molecule has 0 aromatic heterocycles. The van der Waals surface area contributed by atoms with Crippen molar-refractivity contribution in [1.82, 2.24) is 4.90 Å². The molecular formula is C27H34Cl2N2O2. The van der Waals surface area contributed by atoms with Crippen molar-refractivity contribution < 1.29 is 9.53 Å². The molecule has 1 saturated heterocycles. The highest BCUT2D eigenvalue weighted by Gasteiger charge is 2.44. The van der Waals surface area contributed by atoms with Crippen LogP contribution in [-0.2, 0) is 10.2 Å². The van der Waals surface area contributed by atoms with E-state index in [1.807, 2.05) is 36.4 Å². The van der Waals surface area contributed by atoms with Crippen molar-refractivity contribution in [2.24, 2.45) is 0 Å². The average molecular weight is 489 g/mol. The maximum Gasteiger partial charge on any atom is 0.235 e. The van der Waals surface area contributed by atoms with Gasteiger partial charge < -0.3 is 15.0 Å². The Balaban J connectivity index is 1.32. The number of ether oxygens (including phenoxy) is 1. The van der Waals surface area contributed by atoms with E-state index in [2.05, 4.69) is 17.1 Å². The molecule has 0 bridgehead atoms. The molecule has 0 spiro atoms. The van der Waals surface area contributed by atoms with Gasteiger partial charge in [-0.2, -0.15) is 0 Å². The number of likely N-dealkylation sites (tertiary alicyclic amines) is 1. The fourth-order valence-corrected chi connectivity index (χ4v) is 5.90. The minimum absolute atomic E-state index is 0.00598. The molecule has 33 heavy (non-hydrogen) atoms. The van der Waals surface area contributed by atoms with Gasteiger partial charge in [0.1, 0.15) is 5.75 Å². The number of amides is 1. The first kappa shape index (κ1) is 24.4. The van der Waals surface area contributed by atoms with Crippen LogP contribution in [0.5, 0.6) is 5.75 Å². The lowest BCUT2D eigenvalue weighted by molar-refractivity contribution is -0.121. The Labute approximate surface area is 207 Å². The van der Waals surface area contributed by atoms with Gasteiger partial charge in [-0.15, -0.1) is 0 Å². The van der Waals surface area contributed by atoms with Crippen LogP contribution in [0.2, 0.25) is 10.0 Å². The molecule has 2 aromatic carbocycles. The Morgan fingerprint density at radius 3 is 2.55 bits per heavy atom. The third kappa shape index (κ3) is 5.85. The molecule has 1 aliphatic heterocycles. The van der Waals surface area contributed by atoms with E-state index in [4.69, 9.17) is 27.9 Å². The number of nitrogens with one attached hydrogen (secondary N) is 1. The van der Waals surface area contributed by atoms with E-state index in [-0.39, 0.29) is 5.91 Å². The summed E-state index contributed by atoms with van der Waals surface area (Å²) in [6.45, 7) is 5.32. The minimum Gasteiger partial charge on any atom is -0.494 e. The zero-order valence-electron chi connectivity index (χ0n) is 19.4. The molecule has 1 N–H and O–H groups in total. The summed E-state index contributed by atoms with van der Waals surface area (Å²) in [5, 5.41) is 4.25. The number of halogens is 2. The SMILES string of the molecule is C[C@H]1CCCCN1CCCOc1ccc(NC(=O)C2(c3ccc(Cl)cc3Cl)CCCC2)cc1. The van der Waals surface area contributed by atoms with Crippen molar-refractivity contribution >= 4 is 34.8 Å². The lowest BCUT2D eigenvalue weighted by Gasteiger charge is -2.33. The predicted molar refractivity (Wildman–Crippen MR) is 137 cm³/mol. The fourth-order valence-electron chi connectivity index (χ4n) is 5.31. The van der Waals surface area contributed by atoms with Crippen molar-refractivity contribution in [2.45, 2.75) is 69.7 Å². The summed E-state index contributed by atoms with van der Waals surface area (Å²) in [6, 6.07) is 13.8. The van der Waals surface area contributed by atoms with Gasteiger partial charge in [-0.3, -0.25) is 4.79 Å². The molecule has 4 nitrogen and oxygen atoms in total. The van der Waals surface area contributed by atoms with Crippen molar-refractivity contribution in [3.8, 4) is 5.75 Å². The molecule has 2 aromatic rings. The Kier molecular flexibility index (Phi) is 8.21. The molecule has 0 unspecified atom stereocenters. The lowest BCUT2D eigenvalue weighted by atomic mass is 9.78. The lowest BCUT2D eigenvalue weighted by Crippen LogP contribution is -2.38. The van der Waals surface area contributed by atoms with Gasteiger partial charge in [0.05, 0.1) is 12.0 Å². The van der Waals surface area contributed by atoms with E-state index in [0.29, 0.717) is 22.7 Å². The Hall–Kier alpha value is -1.75. The smallest absolute Gasteiger partial charge is 0.235 e. The number of benzene rings is 2. The van der Waals surface area contributed by atoms with E-state index in [0.717, 1.165) is 55.6 Å². The van der Waals surface area contributed by atoms with Gasteiger partial charge in [0.2, 0.25) is 5.91 Å². The van der Waals surface area contributed by atoms with Crippen LogP contribution >= 0.6 is 23.2 Å². The second kappa shape index (κ2) is 11.1. The zero-order valence-corrected chi connectivity index (χ0v) is 20.9. The Morgan fingerprint density at radius 2 is 1.85 bits per heavy atom. The van der Waals surface area contributed by atoms with Crippen molar-refractivity contribution in [2.75, 3.05) is 25.0 Å². The van der Waals surface area contributed by atoms with E-state index in [1.54, 1.807) is 6.07 Å². The highest BCUT2D eigenvalue weighted by Crippen LogP contribution is 2.45. The molecule has 2 aliphatic rings. The number of hydrogen-bond acceptors (Lipinski definition) is 3. The maximum absolute atomic E-state index is 13.4. The molecular weight excluding hydrogens is 455 g/mol.